The zero-order valence-corrected chi connectivity index (χ0v) is 27.2. The topological polar surface area (TPSA) is 111 Å². The van der Waals surface area contributed by atoms with Gasteiger partial charge in [-0.1, -0.05) is 29.8 Å². The van der Waals surface area contributed by atoms with Crippen molar-refractivity contribution < 1.29 is 32.2 Å². The fraction of sp³-hybridized carbons (Fsp3) is 0.529. The third kappa shape index (κ3) is 7.34. The summed E-state index contributed by atoms with van der Waals surface area (Å²) in [6.07, 6.45) is 9.13. The van der Waals surface area contributed by atoms with E-state index in [1.165, 1.54) is 0 Å². The van der Waals surface area contributed by atoms with Crippen molar-refractivity contribution >= 4 is 39.2 Å². The van der Waals surface area contributed by atoms with Crippen LogP contribution in [0.25, 0.3) is 0 Å². The standard InChI is InChI=1S/C34H41ClN2O7S/c1-22-6-2-3-8-30(44-32-15-17-42-34(32)39)28-13-10-25(28)20-37-16-5-4-7-23-18-27(35)12-9-26(23)21-43-31-14-11-24(19-29(31)37)33(38)36-45(22,40)41/h3,8-9,11-12,14,18-19,22,25,28,30,32H,2,4-7,10,13,15-17,20-21H2,1H3,(H,36,38)/b8-3+/t22-,25+,28-,30+,32+/m1/s1. The number of cyclic esters (lactones) is 1. The molecule has 5 atom stereocenters. The van der Waals surface area contributed by atoms with E-state index < -0.39 is 27.3 Å². The molecule has 1 saturated heterocycles. The van der Waals surface area contributed by atoms with E-state index in [9.17, 15) is 18.0 Å². The number of halogens is 1. The number of nitrogens with one attached hydrogen (secondary N) is 1. The van der Waals surface area contributed by atoms with E-state index in [-0.39, 0.29) is 29.5 Å². The minimum atomic E-state index is -3.92. The van der Waals surface area contributed by atoms with E-state index in [0.717, 1.165) is 55.5 Å². The third-order valence-corrected chi connectivity index (χ3v) is 11.6. The van der Waals surface area contributed by atoms with E-state index in [1.54, 1.807) is 25.1 Å². The number of carbonyl (C=O) groups excluding carboxylic acids is 2. The Hall–Kier alpha value is -3.08. The molecule has 1 saturated carbocycles. The molecule has 4 aliphatic rings. The Morgan fingerprint density at radius 1 is 1.00 bits per heavy atom. The number of amides is 1. The molecule has 6 rings (SSSR count). The van der Waals surface area contributed by atoms with Crippen LogP contribution in [0.3, 0.4) is 0 Å². The van der Waals surface area contributed by atoms with Crippen LogP contribution in [0.15, 0.2) is 48.6 Å². The molecule has 3 aliphatic heterocycles. The molecule has 242 valence electrons. The van der Waals surface area contributed by atoms with E-state index in [1.807, 2.05) is 30.4 Å². The predicted octanol–water partition coefficient (Wildman–Crippen LogP) is 5.59. The van der Waals surface area contributed by atoms with Crippen LogP contribution < -0.4 is 14.4 Å². The van der Waals surface area contributed by atoms with Crippen LogP contribution in [0.4, 0.5) is 5.69 Å². The SMILES string of the molecule is C[C@@H]1CC/C=C/[C@H](O[C@H]2CCOC2=O)[C@@H]2CC[C@H]2CN2CCCCc3cc(Cl)ccc3COc3ccc(cc32)C(=O)NS1(=O)=O. The normalized spacial score (nSPS) is 29.5. The summed E-state index contributed by atoms with van der Waals surface area (Å²) in [6, 6.07) is 11.0. The summed E-state index contributed by atoms with van der Waals surface area (Å²) in [5.41, 5.74) is 3.25. The average Bonchev–Trinajstić information content (AvgIpc) is 3.39. The van der Waals surface area contributed by atoms with E-state index in [0.29, 0.717) is 49.8 Å². The van der Waals surface area contributed by atoms with Gasteiger partial charge in [0.25, 0.3) is 5.91 Å². The minimum Gasteiger partial charge on any atom is -0.487 e. The first-order valence-electron chi connectivity index (χ1n) is 16.0. The van der Waals surface area contributed by atoms with Crippen molar-refractivity contribution in [1.29, 1.82) is 0 Å². The molecule has 9 nitrogen and oxygen atoms in total. The van der Waals surface area contributed by atoms with Gasteiger partial charge in [0.15, 0.2) is 6.10 Å². The van der Waals surface area contributed by atoms with Crippen LogP contribution in [0.2, 0.25) is 5.02 Å². The number of aryl methyl sites for hydroxylation is 1. The van der Waals surface area contributed by atoms with Crippen molar-refractivity contribution in [3.05, 3.63) is 70.3 Å². The first-order valence-corrected chi connectivity index (χ1v) is 17.9. The van der Waals surface area contributed by atoms with Gasteiger partial charge in [0.05, 0.1) is 23.6 Å². The molecule has 45 heavy (non-hydrogen) atoms. The number of nitrogens with zero attached hydrogens (tertiary/aromatic N) is 1. The molecular weight excluding hydrogens is 616 g/mol. The molecule has 0 aromatic heterocycles. The Kier molecular flexibility index (Phi) is 9.73. The second-order valence-electron chi connectivity index (χ2n) is 12.6. The molecular formula is C34H41ClN2O7S. The zero-order chi connectivity index (χ0) is 31.6. The lowest BCUT2D eigenvalue weighted by Crippen LogP contribution is -2.45. The summed E-state index contributed by atoms with van der Waals surface area (Å²) >= 11 is 6.33. The number of sulfonamides is 1. The number of hydrogen-bond donors (Lipinski definition) is 1. The number of carbonyl (C=O) groups is 2. The molecule has 1 amide bonds. The van der Waals surface area contributed by atoms with Gasteiger partial charge < -0.3 is 19.1 Å². The van der Waals surface area contributed by atoms with Gasteiger partial charge in [0, 0.05) is 30.1 Å². The largest absolute Gasteiger partial charge is 0.487 e. The Morgan fingerprint density at radius 2 is 1.87 bits per heavy atom. The van der Waals surface area contributed by atoms with Gasteiger partial charge in [0.1, 0.15) is 12.4 Å². The molecule has 1 N–H and O–H groups in total. The molecule has 2 aromatic carbocycles. The van der Waals surface area contributed by atoms with Gasteiger partial charge in [-0.25, -0.2) is 17.9 Å². The molecule has 0 unspecified atom stereocenters. The van der Waals surface area contributed by atoms with Crippen LogP contribution in [-0.2, 0) is 37.3 Å². The summed E-state index contributed by atoms with van der Waals surface area (Å²) < 4.78 is 46.5. The summed E-state index contributed by atoms with van der Waals surface area (Å²) in [7, 11) is -3.92. The number of allylic oxidation sites excluding steroid dienone is 1. The lowest BCUT2D eigenvalue weighted by molar-refractivity contribution is -0.152. The fourth-order valence-corrected chi connectivity index (χ4v) is 7.92. The molecule has 2 aromatic rings. The number of esters is 1. The maximum Gasteiger partial charge on any atom is 0.335 e. The Bertz CT molecular complexity index is 1560. The smallest absolute Gasteiger partial charge is 0.335 e. The van der Waals surface area contributed by atoms with Crippen LogP contribution in [-0.4, -0.2) is 57.4 Å². The van der Waals surface area contributed by atoms with Crippen molar-refractivity contribution in [2.45, 2.75) is 82.4 Å². The third-order valence-electron chi connectivity index (χ3n) is 9.63. The molecule has 2 fully saturated rings. The van der Waals surface area contributed by atoms with Gasteiger partial charge >= 0.3 is 5.97 Å². The lowest BCUT2D eigenvalue weighted by atomic mass is 9.70. The number of ether oxygens (including phenoxy) is 3. The first kappa shape index (κ1) is 31.9. The van der Waals surface area contributed by atoms with Gasteiger partial charge in [-0.2, -0.15) is 0 Å². The van der Waals surface area contributed by atoms with Crippen molar-refractivity contribution in [3.8, 4) is 5.75 Å². The first-order chi connectivity index (χ1) is 21.7. The van der Waals surface area contributed by atoms with Gasteiger partial charge in [-0.05, 0) is 105 Å². The number of fused-ring (bicyclic) bond motifs is 3. The molecule has 2 bridgehead atoms. The predicted molar refractivity (Wildman–Crippen MR) is 172 cm³/mol. The molecule has 0 radical (unpaired) electrons. The van der Waals surface area contributed by atoms with Crippen molar-refractivity contribution in [1.82, 2.24) is 4.72 Å². The molecule has 3 heterocycles. The Morgan fingerprint density at radius 3 is 2.64 bits per heavy atom. The van der Waals surface area contributed by atoms with Crippen LogP contribution in [0.1, 0.15) is 73.4 Å². The van der Waals surface area contributed by atoms with Crippen molar-refractivity contribution in [2.75, 3.05) is 24.6 Å². The van der Waals surface area contributed by atoms with Crippen LogP contribution in [0.5, 0.6) is 5.75 Å². The minimum absolute atomic E-state index is 0.184. The lowest BCUT2D eigenvalue weighted by Gasteiger charge is -2.44. The van der Waals surface area contributed by atoms with E-state index in [4.69, 9.17) is 25.8 Å². The zero-order valence-electron chi connectivity index (χ0n) is 25.6. The Labute approximate surface area is 270 Å². The highest BCUT2D eigenvalue weighted by Gasteiger charge is 2.41. The quantitative estimate of drug-likeness (QED) is 0.329. The average molecular weight is 657 g/mol. The highest BCUT2D eigenvalue weighted by atomic mass is 35.5. The maximum absolute atomic E-state index is 13.3. The van der Waals surface area contributed by atoms with Gasteiger partial charge in [-0.15, -0.1) is 0 Å². The number of benzene rings is 2. The maximum atomic E-state index is 13.3. The summed E-state index contributed by atoms with van der Waals surface area (Å²) in [5.74, 6) is 0.124. The van der Waals surface area contributed by atoms with Crippen molar-refractivity contribution in [3.63, 3.8) is 0 Å². The summed E-state index contributed by atoms with van der Waals surface area (Å²) in [6.45, 7) is 3.75. The van der Waals surface area contributed by atoms with Crippen molar-refractivity contribution in [2.24, 2.45) is 11.8 Å². The second kappa shape index (κ2) is 13.7. The Balaban J connectivity index is 1.36. The second-order valence-corrected chi connectivity index (χ2v) is 15.2. The molecule has 0 spiro atoms. The van der Waals surface area contributed by atoms with Crippen LogP contribution in [0, 0.1) is 11.8 Å². The highest BCUT2D eigenvalue weighted by molar-refractivity contribution is 7.90. The summed E-state index contributed by atoms with van der Waals surface area (Å²) in [5, 5.41) is -0.0874. The van der Waals surface area contributed by atoms with E-state index >= 15 is 0 Å². The highest BCUT2D eigenvalue weighted by Crippen LogP contribution is 2.42. The molecule has 11 heteroatoms. The van der Waals surface area contributed by atoms with E-state index in [2.05, 4.69) is 9.62 Å². The number of rotatable bonds is 2. The monoisotopic (exact) mass is 656 g/mol. The number of anilines is 1. The fourth-order valence-electron chi connectivity index (χ4n) is 6.70. The van der Waals surface area contributed by atoms with Gasteiger partial charge in [-0.3, -0.25) is 4.79 Å². The number of hydrogen-bond acceptors (Lipinski definition) is 8. The van der Waals surface area contributed by atoms with Gasteiger partial charge in [0.2, 0.25) is 10.0 Å². The summed E-state index contributed by atoms with van der Waals surface area (Å²) in [4.78, 5) is 27.9. The van der Waals surface area contributed by atoms with Crippen LogP contribution >= 0.6 is 11.6 Å². The molecule has 1 aliphatic carbocycles.